The predicted molar refractivity (Wildman–Crippen MR) is 131 cm³/mol. The number of nitrogens with one attached hydrogen (secondary N) is 1. The summed E-state index contributed by atoms with van der Waals surface area (Å²) in [5.41, 5.74) is -0.138. The van der Waals surface area contributed by atoms with Crippen molar-refractivity contribution in [3.8, 4) is 0 Å². The number of hydrogen-bond donors (Lipinski definition) is 2. The van der Waals surface area contributed by atoms with E-state index in [0.717, 1.165) is 31.7 Å². The van der Waals surface area contributed by atoms with E-state index < -0.39 is 5.60 Å². The lowest BCUT2D eigenvalue weighted by Crippen LogP contribution is -2.49. The van der Waals surface area contributed by atoms with Crippen LogP contribution in [0.25, 0.3) is 0 Å². The molecule has 1 aromatic carbocycles. The van der Waals surface area contributed by atoms with Crippen LogP contribution in [0.3, 0.4) is 0 Å². The predicted octanol–water partition coefficient (Wildman–Crippen LogP) is 1.90. The molecular weight excluding hydrogens is 430 g/mol. The SMILES string of the molecule is C[C@H](CC(=O)N1CCC(O)(Cn2cnc(NCCN3CCCC3)cc2=O)CC1)c1cc#ccc1. The largest absolute Gasteiger partial charge is 0.388 e. The highest BCUT2D eigenvalue weighted by Crippen LogP contribution is 2.26. The average Bonchev–Trinajstić information content (AvgIpc) is 3.35. The van der Waals surface area contributed by atoms with Gasteiger partial charge in [-0.2, -0.15) is 0 Å². The molecule has 8 heteroatoms. The summed E-state index contributed by atoms with van der Waals surface area (Å²) < 4.78 is 1.47. The van der Waals surface area contributed by atoms with E-state index >= 15 is 0 Å². The third kappa shape index (κ3) is 6.37. The molecule has 182 valence electrons. The fraction of sp³-hybridized carbons (Fsp3) is 0.577. The second kappa shape index (κ2) is 11.0. The van der Waals surface area contributed by atoms with Crippen molar-refractivity contribution in [2.45, 2.75) is 57.1 Å². The van der Waals surface area contributed by atoms with Crippen LogP contribution >= 0.6 is 0 Å². The second-order valence-electron chi connectivity index (χ2n) is 9.69. The number of likely N-dealkylation sites (tertiary alicyclic amines) is 2. The fourth-order valence-electron chi connectivity index (χ4n) is 4.81. The molecule has 3 heterocycles. The molecule has 2 aliphatic rings. The van der Waals surface area contributed by atoms with Gasteiger partial charge in [-0.3, -0.25) is 14.2 Å². The number of nitrogens with zero attached hydrogens (tertiary/aromatic N) is 4. The van der Waals surface area contributed by atoms with Crippen molar-refractivity contribution in [2.75, 3.05) is 44.6 Å². The van der Waals surface area contributed by atoms with Crippen LogP contribution in [0.4, 0.5) is 5.82 Å². The van der Waals surface area contributed by atoms with Crippen LogP contribution in [0.15, 0.2) is 35.4 Å². The van der Waals surface area contributed by atoms with Crippen LogP contribution in [-0.4, -0.2) is 75.2 Å². The van der Waals surface area contributed by atoms with Gasteiger partial charge in [0.1, 0.15) is 5.82 Å². The maximum Gasteiger partial charge on any atom is 0.255 e. The number of carbonyl (C=O) groups is 1. The van der Waals surface area contributed by atoms with Crippen LogP contribution in [0.1, 0.15) is 50.5 Å². The minimum absolute atomic E-state index is 0.0885. The van der Waals surface area contributed by atoms with Crippen LogP contribution in [0, 0.1) is 12.1 Å². The number of carbonyl (C=O) groups excluding carboxylic acids is 1. The topological polar surface area (TPSA) is 90.7 Å². The summed E-state index contributed by atoms with van der Waals surface area (Å²) in [7, 11) is 0. The molecule has 2 aliphatic heterocycles. The standard InChI is InChI=1S/C26H35N5O3/c1-21(22-7-3-2-4-8-22)17-24(32)30-14-9-26(34,10-15-30)19-31-20-28-23(18-25(31)33)27-11-16-29-12-5-6-13-29/h3,7-8,18,20-21,27,34H,5-6,9-17,19H2,1H3/t21-/m1/s1. The third-order valence-corrected chi connectivity index (χ3v) is 7.05. The second-order valence-corrected chi connectivity index (χ2v) is 9.69. The molecule has 2 N–H and O–H groups in total. The van der Waals surface area contributed by atoms with Crippen molar-refractivity contribution in [3.63, 3.8) is 0 Å². The molecule has 1 amide bonds. The Morgan fingerprint density at radius 3 is 2.68 bits per heavy atom. The summed E-state index contributed by atoms with van der Waals surface area (Å²) >= 11 is 0. The molecule has 1 aromatic heterocycles. The molecule has 0 bridgehead atoms. The molecule has 0 spiro atoms. The summed E-state index contributed by atoms with van der Waals surface area (Å²) in [4.78, 5) is 33.9. The van der Waals surface area contributed by atoms with Gasteiger partial charge < -0.3 is 20.2 Å². The number of aromatic nitrogens is 2. The van der Waals surface area contributed by atoms with Crippen molar-refractivity contribution in [3.05, 3.63) is 58.6 Å². The Morgan fingerprint density at radius 2 is 2.00 bits per heavy atom. The summed E-state index contributed by atoms with van der Waals surface area (Å²) in [6, 6.07) is 12.9. The van der Waals surface area contributed by atoms with Crippen molar-refractivity contribution < 1.29 is 9.90 Å². The smallest absolute Gasteiger partial charge is 0.255 e. The molecule has 2 saturated heterocycles. The minimum Gasteiger partial charge on any atom is -0.388 e. The van der Waals surface area contributed by atoms with Gasteiger partial charge in [-0.15, -0.1) is 0 Å². The highest BCUT2D eigenvalue weighted by atomic mass is 16.3. The van der Waals surface area contributed by atoms with E-state index in [4.69, 9.17) is 0 Å². The zero-order chi connectivity index (χ0) is 24.0. The third-order valence-electron chi connectivity index (χ3n) is 7.05. The maximum absolute atomic E-state index is 12.8. The Morgan fingerprint density at radius 1 is 1.24 bits per heavy atom. The first-order valence-corrected chi connectivity index (χ1v) is 12.3. The van der Waals surface area contributed by atoms with Crippen molar-refractivity contribution in [1.82, 2.24) is 19.4 Å². The van der Waals surface area contributed by atoms with Gasteiger partial charge in [0.25, 0.3) is 5.56 Å². The Labute approximate surface area is 201 Å². The summed E-state index contributed by atoms with van der Waals surface area (Å²) in [6.45, 7) is 7.16. The molecule has 0 unspecified atom stereocenters. The average molecular weight is 466 g/mol. The van der Waals surface area contributed by atoms with Crippen molar-refractivity contribution in [1.29, 1.82) is 0 Å². The molecule has 34 heavy (non-hydrogen) atoms. The summed E-state index contributed by atoms with van der Waals surface area (Å²) in [6.07, 6.45) is 5.31. The number of piperidine rings is 1. The lowest BCUT2D eigenvalue weighted by molar-refractivity contribution is -0.136. The first-order chi connectivity index (χ1) is 16.4. The number of rotatable bonds is 9. The number of hydrogen-bond acceptors (Lipinski definition) is 6. The van der Waals surface area contributed by atoms with Crippen LogP contribution in [0.5, 0.6) is 0 Å². The minimum atomic E-state index is -1.02. The lowest BCUT2D eigenvalue weighted by atomic mass is 9.90. The normalized spacial score (nSPS) is 18.9. The molecule has 8 nitrogen and oxygen atoms in total. The van der Waals surface area contributed by atoms with E-state index in [1.54, 1.807) is 0 Å². The van der Waals surface area contributed by atoms with Gasteiger partial charge in [0.2, 0.25) is 5.91 Å². The molecule has 0 radical (unpaired) electrons. The molecule has 4 rings (SSSR count). The summed E-state index contributed by atoms with van der Waals surface area (Å²) in [5.74, 6) is 0.757. The van der Waals surface area contributed by atoms with Crippen LogP contribution < -0.4 is 10.9 Å². The first kappa shape index (κ1) is 24.2. The van der Waals surface area contributed by atoms with Crippen LogP contribution in [0.2, 0.25) is 0 Å². The Kier molecular flexibility index (Phi) is 7.86. The van der Waals surface area contributed by atoms with Gasteiger partial charge in [-0.1, -0.05) is 19.1 Å². The number of amides is 1. The number of aliphatic hydroxyl groups is 1. The van der Waals surface area contributed by atoms with Gasteiger partial charge in [0.05, 0.1) is 18.5 Å². The van der Waals surface area contributed by atoms with E-state index in [2.05, 4.69) is 27.3 Å². The zero-order valence-electron chi connectivity index (χ0n) is 20.0. The highest BCUT2D eigenvalue weighted by Gasteiger charge is 2.34. The van der Waals surface area contributed by atoms with Gasteiger partial charge in [-0.05, 0) is 68.5 Å². The van der Waals surface area contributed by atoms with Gasteiger partial charge >= 0.3 is 0 Å². The molecular formula is C26H35N5O3. The Balaban J connectivity index is 1.25. The van der Waals surface area contributed by atoms with Crippen molar-refractivity contribution >= 4 is 11.7 Å². The number of anilines is 1. The van der Waals surface area contributed by atoms with E-state index in [1.807, 2.05) is 30.0 Å². The first-order valence-electron chi connectivity index (χ1n) is 12.3. The van der Waals surface area contributed by atoms with Gasteiger partial charge in [0, 0.05) is 38.7 Å². The molecule has 2 fully saturated rings. The quantitative estimate of drug-likeness (QED) is 0.588. The van der Waals surface area contributed by atoms with E-state index in [9.17, 15) is 14.7 Å². The Bertz CT molecular complexity index is 995. The van der Waals surface area contributed by atoms with Gasteiger partial charge in [-0.25, -0.2) is 4.98 Å². The lowest BCUT2D eigenvalue weighted by Gasteiger charge is -2.38. The monoisotopic (exact) mass is 465 g/mol. The molecule has 2 aromatic rings. The summed E-state index contributed by atoms with van der Waals surface area (Å²) in [5, 5.41) is 14.3. The highest BCUT2D eigenvalue weighted by molar-refractivity contribution is 5.77. The Hall–Kier alpha value is -2.89. The fourth-order valence-corrected chi connectivity index (χ4v) is 4.81. The van der Waals surface area contributed by atoms with Gasteiger partial charge in [0.15, 0.2) is 0 Å². The van der Waals surface area contributed by atoms with Crippen molar-refractivity contribution in [2.24, 2.45) is 0 Å². The molecule has 0 aliphatic carbocycles. The molecule has 0 saturated carbocycles. The van der Waals surface area contributed by atoms with E-state index in [0.29, 0.717) is 38.2 Å². The van der Waals surface area contributed by atoms with Crippen LogP contribution in [-0.2, 0) is 11.3 Å². The molecule has 1 atom stereocenters. The van der Waals surface area contributed by atoms with E-state index in [-0.39, 0.29) is 23.9 Å². The maximum atomic E-state index is 12.8. The van der Waals surface area contributed by atoms with E-state index in [1.165, 1.54) is 29.8 Å². The zero-order valence-corrected chi connectivity index (χ0v) is 20.0.